The topological polar surface area (TPSA) is 93.7 Å². The largest absolute Gasteiger partial charge is 0.496 e. The summed E-state index contributed by atoms with van der Waals surface area (Å²) in [5.41, 5.74) is 2.47. The van der Waals surface area contributed by atoms with Crippen molar-refractivity contribution in [3.05, 3.63) is 77.4 Å². The van der Waals surface area contributed by atoms with E-state index in [1.165, 1.54) is 20.3 Å². The molecule has 0 saturated carbocycles. The molecule has 162 valence electrons. The molecular formula is C23H24N2O5S. The van der Waals surface area contributed by atoms with E-state index in [9.17, 15) is 13.2 Å². The quantitative estimate of drug-likeness (QED) is 0.569. The van der Waals surface area contributed by atoms with Crippen LogP contribution in [0.5, 0.6) is 11.5 Å². The van der Waals surface area contributed by atoms with Crippen molar-refractivity contribution in [3.8, 4) is 11.5 Å². The van der Waals surface area contributed by atoms with Crippen LogP contribution in [0.4, 0.5) is 11.4 Å². The van der Waals surface area contributed by atoms with Gasteiger partial charge in [0.05, 0.1) is 30.4 Å². The number of anilines is 2. The Balaban J connectivity index is 1.91. The predicted octanol–water partition coefficient (Wildman–Crippen LogP) is 4.37. The number of rotatable bonds is 7. The molecule has 0 spiro atoms. The Morgan fingerprint density at radius 1 is 0.871 bits per heavy atom. The molecule has 31 heavy (non-hydrogen) atoms. The van der Waals surface area contributed by atoms with Crippen molar-refractivity contribution in [1.29, 1.82) is 0 Å². The Kier molecular flexibility index (Phi) is 6.50. The van der Waals surface area contributed by atoms with Crippen LogP contribution in [0.3, 0.4) is 0 Å². The molecule has 0 aromatic heterocycles. The van der Waals surface area contributed by atoms with E-state index in [2.05, 4.69) is 10.0 Å². The van der Waals surface area contributed by atoms with Crippen LogP contribution < -0.4 is 19.5 Å². The number of hydrogen-bond donors (Lipinski definition) is 2. The van der Waals surface area contributed by atoms with Crippen LogP contribution in [0.15, 0.2) is 65.6 Å². The molecule has 0 aliphatic rings. The zero-order valence-electron chi connectivity index (χ0n) is 17.7. The van der Waals surface area contributed by atoms with E-state index in [1.807, 2.05) is 13.0 Å². The van der Waals surface area contributed by atoms with Crippen LogP contribution in [0.2, 0.25) is 0 Å². The molecule has 0 saturated heterocycles. The van der Waals surface area contributed by atoms with Gasteiger partial charge < -0.3 is 14.8 Å². The number of para-hydroxylation sites is 2. The maximum atomic E-state index is 13.0. The van der Waals surface area contributed by atoms with Gasteiger partial charge in [-0.3, -0.25) is 9.52 Å². The molecule has 0 unspecified atom stereocenters. The molecule has 7 nitrogen and oxygen atoms in total. The standard InChI is InChI=1S/C23H24N2O5S/c1-15-9-12-20(29-3)18(13-15)23(26)24-17-11-10-16(2)22(14-17)31(27,28)25-19-7-5-6-8-21(19)30-4/h5-14,25H,1-4H3,(H,24,26). The Labute approximate surface area is 182 Å². The molecule has 2 N–H and O–H groups in total. The number of ether oxygens (including phenoxy) is 2. The molecule has 1 amide bonds. The summed E-state index contributed by atoms with van der Waals surface area (Å²) in [7, 11) is -0.971. The molecule has 8 heteroatoms. The summed E-state index contributed by atoms with van der Waals surface area (Å²) >= 11 is 0. The van der Waals surface area contributed by atoms with Gasteiger partial charge in [-0.05, 0) is 55.8 Å². The summed E-state index contributed by atoms with van der Waals surface area (Å²) in [5, 5.41) is 2.75. The molecule has 0 bridgehead atoms. The fourth-order valence-electron chi connectivity index (χ4n) is 3.09. The zero-order valence-corrected chi connectivity index (χ0v) is 18.5. The minimum Gasteiger partial charge on any atom is -0.496 e. The van der Waals surface area contributed by atoms with Gasteiger partial charge in [0.25, 0.3) is 15.9 Å². The van der Waals surface area contributed by atoms with Crippen molar-refractivity contribution in [2.45, 2.75) is 18.7 Å². The first kappa shape index (κ1) is 22.2. The first-order chi connectivity index (χ1) is 14.7. The first-order valence-electron chi connectivity index (χ1n) is 9.47. The number of benzene rings is 3. The molecule has 3 rings (SSSR count). The highest BCUT2D eigenvalue weighted by molar-refractivity contribution is 7.92. The fourth-order valence-corrected chi connectivity index (χ4v) is 4.44. The lowest BCUT2D eigenvalue weighted by Gasteiger charge is -2.15. The van der Waals surface area contributed by atoms with E-state index < -0.39 is 15.9 Å². The monoisotopic (exact) mass is 440 g/mol. The van der Waals surface area contributed by atoms with Crippen molar-refractivity contribution >= 4 is 27.3 Å². The first-order valence-corrected chi connectivity index (χ1v) is 11.0. The highest BCUT2D eigenvalue weighted by Gasteiger charge is 2.20. The van der Waals surface area contributed by atoms with Crippen molar-refractivity contribution in [1.82, 2.24) is 0 Å². The molecule has 0 heterocycles. The van der Waals surface area contributed by atoms with E-state index >= 15 is 0 Å². The Morgan fingerprint density at radius 2 is 1.58 bits per heavy atom. The van der Waals surface area contributed by atoms with Crippen LogP contribution in [0.25, 0.3) is 0 Å². The maximum absolute atomic E-state index is 13.0. The third kappa shape index (κ3) is 4.97. The van der Waals surface area contributed by atoms with E-state index in [-0.39, 0.29) is 4.90 Å². The van der Waals surface area contributed by atoms with Crippen LogP contribution in [0, 0.1) is 13.8 Å². The number of carbonyl (C=O) groups excluding carboxylic acids is 1. The van der Waals surface area contributed by atoms with Crippen LogP contribution in [0.1, 0.15) is 21.5 Å². The third-order valence-electron chi connectivity index (χ3n) is 4.69. The second-order valence-corrected chi connectivity index (χ2v) is 8.59. The summed E-state index contributed by atoms with van der Waals surface area (Å²) in [4.78, 5) is 12.8. The van der Waals surface area contributed by atoms with E-state index in [0.717, 1.165) is 5.56 Å². The summed E-state index contributed by atoms with van der Waals surface area (Å²) < 4.78 is 39.1. The lowest BCUT2D eigenvalue weighted by molar-refractivity contribution is 0.102. The number of methoxy groups -OCH3 is 2. The van der Waals surface area contributed by atoms with Gasteiger partial charge in [0.1, 0.15) is 11.5 Å². The van der Waals surface area contributed by atoms with Crippen molar-refractivity contribution in [2.75, 3.05) is 24.3 Å². The van der Waals surface area contributed by atoms with E-state index in [4.69, 9.17) is 9.47 Å². The molecule has 0 fully saturated rings. The second kappa shape index (κ2) is 9.09. The average Bonchev–Trinajstić information content (AvgIpc) is 2.75. The molecule has 3 aromatic rings. The van der Waals surface area contributed by atoms with Gasteiger partial charge in [-0.2, -0.15) is 0 Å². The number of aryl methyl sites for hydroxylation is 2. The summed E-state index contributed by atoms with van der Waals surface area (Å²) in [6.07, 6.45) is 0. The normalized spacial score (nSPS) is 11.0. The van der Waals surface area contributed by atoms with Gasteiger partial charge in [-0.25, -0.2) is 8.42 Å². The van der Waals surface area contributed by atoms with E-state index in [0.29, 0.717) is 34.0 Å². The number of nitrogens with one attached hydrogen (secondary N) is 2. The van der Waals surface area contributed by atoms with Crippen LogP contribution in [-0.4, -0.2) is 28.5 Å². The van der Waals surface area contributed by atoms with Crippen molar-refractivity contribution in [2.24, 2.45) is 0 Å². The van der Waals surface area contributed by atoms with Crippen LogP contribution >= 0.6 is 0 Å². The van der Waals surface area contributed by atoms with Gasteiger partial charge in [-0.1, -0.05) is 29.8 Å². The van der Waals surface area contributed by atoms with Crippen LogP contribution in [-0.2, 0) is 10.0 Å². The molecule has 0 atom stereocenters. The highest BCUT2D eigenvalue weighted by atomic mass is 32.2. The summed E-state index contributed by atoms with van der Waals surface area (Å²) in [5.74, 6) is 0.436. The van der Waals surface area contributed by atoms with E-state index in [1.54, 1.807) is 55.5 Å². The number of amides is 1. The predicted molar refractivity (Wildman–Crippen MR) is 121 cm³/mol. The average molecular weight is 441 g/mol. The lowest BCUT2D eigenvalue weighted by Crippen LogP contribution is -2.17. The second-order valence-electron chi connectivity index (χ2n) is 6.94. The Bertz CT molecular complexity index is 1220. The molecular weight excluding hydrogens is 416 g/mol. The Morgan fingerprint density at radius 3 is 2.29 bits per heavy atom. The summed E-state index contributed by atoms with van der Waals surface area (Å²) in [6.45, 7) is 3.56. The molecule has 0 radical (unpaired) electrons. The van der Waals surface area contributed by atoms with Gasteiger partial charge >= 0.3 is 0 Å². The number of hydrogen-bond acceptors (Lipinski definition) is 5. The maximum Gasteiger partial charge on any atom is 0.262 e. The minimum atomic E-state index is -3.93. The number of sulfonamides is 1. The minimum absolute atomic E-state index is 0.0485. The SMILES string of the molecule is COc1ccccc1NS(=O)(=O)c1cc(NC(=O)c2cc(C)ccc2OC)ccc1C. The molecule has 3 aromatic carbocycles. The Hall–Kier alpha value is -3.52. The molecule has 0 aliphatic carbocycles. The smallest absolute Gasteiger partial charge is 0.262 e. The summed E-state index contributed by atoms with van der Waals surface area (Å²) in [6, 6.07) is 16.7. The van der Waals surface area contributed by atoms with Crippen molar-refractivity contribution in [3.63, 3.8) is 0 Å². The third-order valence-corrected chi connectivity index (χ3v) is 6.19. The highest BCUT2D eigenvalue weighted by Crippen LogP contribution is 2.29. The van der Waals surface area contributed by atoms with Gasteiger partial charge in [-0.15, -0.1) is 0 Å². The lowest BCUT2D eigenvalue weighted by atomic mass is 10.1. The number of carbonyl (C=O) groups is 1. The molecule has 0 aliphatic heterocycles. The fraction of sp³-hybridized carbons (Fsp3) is 0.174. The zero-order chi connectivity index (χ0) is 22.6. The van der Waals surface area contributed by atoms with Gasteiger partial charge in [0.2, 0.25) is 0 Å². The van der Waals surface area contributed by atoms with Gasteiger partial charge in [0.15, 0.2) is 0 Å². The van der Waals surface area contributed by atoms with Crippen molar-refractivity contribution < 1.29 is 22.7 Å². The van der Waals surface area contributed by atoms with Gasteiger partial charge in [0, 0.05) is 5.69 Å².